The summed E-state index contributed by atoms with van der Waals surface area (Å²) < 4.78 is 0. The highest BCUT2D eigenvalue weighted by atomic mass is 16.4. The largest absolute Gasteiger partial charge is 0.478 e. The van der Waals surface area contributed by atoms with Crippen molar-refractivity contribution in [2.75, 3.05) is 0 Å². The Morgan fingerprint density at radius 1 is 1.91 bits per heavy atom. The van der Waals surface area contributed by atoms with Gasteiger partial charge in [-0.05, 0) is 11.6 Å². The maximum absolute atomic E-state index is 10.3. The lowest BCUT2D eigenvalue weighted by Gasteiger charge is -2.04. The van der Waals surface area contributed by atoms with Crippen molar-refractivity contribution in [3.05, 3.63) is 10.4 Å². The molecule has 0 heterocycles. The molecule has 0 aliphatic rings. The molecular formula is C5H10N4O2. The highest BCUT2D eigenvalue weighted by Gasteiger charge is 2.17. The molecular weight excluding hydrogens is 148 g/mol. The molecule has 1 unspecified atom stereocenters. The molecule has 1 atom stereocenters. The van der Waals surface area contributed by atoms with E-state index >= 15 is 0 Å². The SMILES string of the molecule is CCCC(NN=[N+]=[N-])C(=O)O. The van der Waals surface area contributed by atoms with Gasteiger partial charge in [-0.1, -0.05) is 13.3 Å². The number of rotatable bonds is 5. The van der Waals surface area contributed by atoms with E-state index in [-0.39, 0.29) is 0 Å². The fourth-order valence-electron chi connectivity index (χ4n) is 0.627. The van der Waals surface area contributed by atoms with E-state index in [4.69, 9.17) is 10.6 Å². The summed E-state index contributed by atoms with van der Waals surface area (Å²) in [5, 5.41) is 11.4. The summed E-state index contributed by atoms with van der Waals surface area (Å²) in [4.78, 5) is 12.7. The van der Waals surface area contributed by atoms with E-state index in [0.717, 1.165) is 6.42 Å². The van der Waals surface area contributed by atoms with Gasteiger partial charge in [-0.2, -0.15) is 4.91 Å². The summed E-state index contributed by atoms with van der Waals surface area (Å²) in [6, 6.07) is -0.768. The molecule has 0 aromatic carbocycles. The molecule has 0 amide bonds. The van der Waals surface area contributed by atoms with Gasteiger partial charge in [0.2, 0.25) is 0 Å². The number of nitrogens with one attached hydrogen (secondary N) is 1. The molecule has 0 aromatic rings. The van der Waals surface area contributed by atoms with Crippen LogP contribution >= 0.6 is 0 Å². The molecule has 0 fully saturated rings. The van der Waals surface area contributed by atoms with Crippen molar-refractivity contribution in [1.29, 1.82) is 0 Å². The third kappa shape index (κ3) is 4.05. The van der Waals surface area contributed by atoms with Gasteiger partial charge in [0.15, 0.2) is 6.04 Å². The molecule has 0 spiro atoms. The third-order valence-corrected chi connectivity index (χ3v) is 1.13. The topological polar surface area (TPSA) is 98.1 Å². The van der Waals surface area contributed by atoms with Crippen LogP contribution in [0.5, 0.6) is 0 Å². The van der Waals surface area contributed by atoms with Crippen molar-refractivity contribution in [3.8, 4) is 0 Å². The van der Waals surface area contributed by atoms with Crippen LogP contribution in [0.2, 0.25) is 0 Å². The Balaban J connectivity index is 3.88. The third-order valence-electron chi connectivity index (χ3n) is 1.13. The first kappa shape index (κ1) is 9.58. The van der Waals surface area contributed by atoms with Crippen LogP contribution in [0.15, 0.2) is 5.22 Å². The Morgan fingerprint density at radius 3 is 2.91 bits per heavy atom. The molecule has 0 radical (unpaired) electrons. The van der Waals surface area contributed by atoms with Gasteiger partial charge in [-0.25, -0.2) is 10.2 Å². The Labute approximate surface area is 63.8 Å². The number of nitrogens with zero attached hydrogens (tertiary/aromatic N) is 3. The van der Waals surface area contributed by atoms with Crippen LogP contribution < -0.4 is 5.43 Å². The maximum atomic E-state index is 10.3. The highest BCUT2D eigenvalue weighted by Crippen LogP contribution is 1.95. The number of azide groups is 1. The summed E-state index contributed by atoms with van der Waals surface area (Å²) in [6.45, 7) is 1.85. The van der Waals surface area contributed by atoms with E-state index in [2.05, 4.69) is 15.6 Å². The molecule has 0 aromatic heterocycles. The van der Waals surface area contributed by atoms with Crippen molar-refractivity contribution in [2.45, 2.75) is 25.8 Å². The second-order valence-corrected chi connectivity index (χ2v) is 2.00. The molecule has 62 valence electrons. The molecule has 0 saturated carbocycles. The standard InChI is InChI=1S/C5H10N4O2/c1-2-3-4(5(10)11)7-9-8-6/h4,7H,2-3H2,1H3,(H,10,11). The second-order valence-electron chi connectivity index (χ2n) is 2.00. The zero-order valence-corrected chi connectivity index (χ0v) is 6.19. The average molecular weight is 158 g/mol. The average Bonchev–Trinajstić information content (AvgIpc) is 1.97. The number of carbonyl (C=O) groups is 1. The fraction of sp³-hybridized carbons (Fsp3) is 0.800. The zero-order valence-electron chi connectivity index (χ0n) is 6.19. The highest BCUT2D eigenvalue weighted by molar-refractivity contribution is 5.73. The Kier molecular flexibility index (Phi) is 4.68. The van der Waals surface area contributed by atoms with Crippen molar-refractivity contribution in [1.82, 2.24) is 5.43 Å². The number of carboxylic acid groups (broad SMARTS) is 1. The maximum Gasteiger partial charge on any atom is 0.349 e. The summed E-state index contributed by atoms with van der Waals surface area (Å²) in [5.41, 5.74) is 10.0. The van der Waals surface area contributed by atoms with Gasteiger partial charge in [0.05, 0.1) is 0 Å². The van der Waals surface area contributed by atoms with Crippen LogP contribution in [0.1, 0.15) is 19.8 Å². The van der Waals surface area contributed by atoms with E-state index in [1.807, 2.05) is 6.92 Å². The lowest BCUT2D eigenvalue weighted by atomic mass is 10.2. The molecule has 0 aliphatic heterocycles. The van der Waals surface area contributed by atoms with Crippen molar-refractivity contribution in [2.24, 2.45) is 5.22 Å². The van der Waals surface area contributed by atoms with Gasteiger partial charge in [0.25, 0.3) is 0 Å². The monoisotopic (exact) mass is 158 g/mol. The van der Waals surface area contributed by atoms with Crippen molar-refractivity contribution in [3.63, 3.8) is 0 Å². The van der Waals surface area contributed by atoms with Crippen LogP contribution in [0.25, 0.3) is 10.4 Å². The Hall–Kier alpha value is -1.42. The summed E-state index contributed by atoms with van der Waals surface area (Å²) in [5.74, 6) is -1.00. The summed E-state index contributed by atoms with van der Waals surface area (Å²) in [6.07, 6.45) is 1.18. The van der Waals surface area contributed by atoms with E-state index in [0.29, 0.717) is 6.42 Å². The number of carboxylic acids is 1. The first-order valence-corrected chi connectivity index (χ1v) is 3.24. The predicted octanol–water partition coefficient (Wildman–Crippen LogP) is 1.05. The Bertz CT molecular complexity index is 175. The van der Waals surface area contributed by atoms with E-state index in [1.165, 1.54) is 0 Å². The minimum Gasteiger partial charge on any atom is -0.478 e. The van der Waals surface area contributed by atoms with E-state index < -0.39 is 12.0 Å². The summed E-state index contributed by atoms with van der Waals surface area (Å²) >= 11 is 0. The number of hydrogen-bond acceptors (Lipinski definition) is 2. The second kappa shape index (κ2) is 5.37. The number of aliphatic carboxylic acids is 1. The zero-order chi connectivity index (χ0) is 8.69. The quantitative estimate of drug-likeness (QED) is 0.271. The molecule has 0 bridgehead atoms. The first-order valence-electron chi connectivity index (χ1n) is 3.24. The van der Waals surface area contributed by atoms with Gasteiger partial charge in [0.1, 0.15) is 0 Å². The fourth-order valence-corrected chi connectivity index (χ4v) is 0.627. The molecule has 11 heavy (non-hydrogen) atoms. The van der Waals surface area contributed by atoms with Gasteiger partial charge >= 0.3 is 5.97 Å². The lowest BCUT2D eigenvalue weighted by Crippen LogP contribution is -2.32. The normalized spacial score (nSPS) is 11.4. The molecule has 0 aliphatic carbocycles. The van der Waals surface area contributed by atoms with Crippen molar-refractivity contribution < 1.29 is 9.90 Å². The molecule has 0 rings (SSSR count). The number of hydrogen-bond donors (Lipinski definition) is 2. The molecule has 0 saturated heterocycles. The first-order chi connectivity index (χ1) is 5.22. The molecule has 6 nitrogen and oxygen atoms in total. The minimum atomic E-state index is -1.00. The smallest absolute Gasteiger partial charge is 0.349 e. The van der Waals surface area contributed by atoms with Gasteiger partial charge in [0, 0.05) is 0 Å². The van der Waals surface area contributed by atoms with Gasteiger partial charge < -0.3 is 5.11 Å². The van der Waals surface area contributed by atoms with Crippen LogP contribution in [-0.2, 0) is 4.79 Å². The summed E-state index contributed by atoms with van der Waals surface area (Å²) in [7, 11) is 0. The van der Waals surface area contributed by atoms with Crippen LogP contribution in [-0.4, -0.2) is 17.1 Å². The minimum absolute atomic E-state index is 0.453. The lowest BCUT2D eigenvalue weighted by molar-refractivity contribution is -0.139. The van der Waals surface area contributed by atoms with Gasteiger partial charge in [-0.15, -0.1) is 5.53 Å². The molecule has 2 N–H and O–H groups in total. The van der Waals surface area contributed by atoms with Crippen LogP contribution in [0.3, 0.4) is 0 Å². The van der Waals surface area contributed by atoms with Crippen LogP contribution in [0.4, 0.5) is 0 Å². The van der Waals surface area contributed by atoms with Gasteiger partial charge in [-0.3, -0.25) is 0 Å². The Morgan fingerprint density at radius 2 is 2.55 bits per heavy atom. The van der Waals surface area contributed by atoms with E-state index in [1.54, 1.807) is 0 Å². The predicted molar refractivity (Wildman–Crippen MR) is 38.6 cm³/mol. The molecule has 6 heteroatoms. The van der Waals surface area contributed by atoms with Crippen LogP contribution in [0, 0.1) is 0 Å². The van der Waals surface area contributed by atoms with Crippen molar-refractivity contribution >= 4 is 5.97 Å². The van der Waals surface area contributed by atoms with E-state index in [9.17, 15) is 4.79 Å².